The normalized spacial score (nSPS) is 10.9. The number of carbonyl (C=O) groups excluding carboxylic acids is 1. The standard InChI is InChI=1S/C11H11ClN2O/c1-7(15)5-11-13-9-6-8(12)3-4-10(9)14(11)2/h3-4,6H,5H2,1-2H3. The first kappa shape index (κ1) is 10.2. The van der Waals surface area contributed by atoms with Crippen LogP contribution in [0.25, 0.3) is 11.0 Å². The average Bonchev–Trinajstić information content (AvgIpc) is 2.42. The summed E-state index contributed by atoms with van der Waals surface area (Å²) < 4.78 is 1.92. The van der Waals surface area contributed by atoms with Gasteiger partial charge in [0.2, 0.25) is 0 Å². The number of hydrogen-bond donors (Lipinski definition) is 0. The van der Waals surface area contributed by atoms with Crippen molar-refractivity contribution in [3.63, 3.8) is 0 Å². The van der Waals surface area contributed by atoms with Crippen LogP contribution in [0.1, 0.15) is 12.7 Å². The largest absolute Gasteiger partial charge is 0.331 e. The van der Waals surface area contributed by atoms with Crippen LogP contribution in [0.4, 0.5) is 0 Å². The van der Waals surface area contributed by atoms with E-state index in [4.69, 9.17) is 11.6 Å². The van der Waals surface area contributed by atoms with Gasteiger partial charge < -0.3 is 4.57 Å². The predicted octanol–water partition coefficient (Wildman–Crippen LogP) is 2.36. The number of ketones is 1. The molecule has 0 unspecified atom stereocenters. The Kier molecular flexibility index (Phi) is 2.49. The topological polar surface area (TPSA) is 34.9 Å². The van der Waals surface area contributed by atoms with E-state index >= 15 is 0 Å². The molecule has 0 aliphatic rings. The first-order chi connectivity index (χ1) is 7.08. The van der Waals surface area contributed by atoms with E-state index in [1.54, 1.807) is 13.0 Å². The third-order valence-electron chi connectivity index (χ3n) is 2.34. The highest BCUT2D eigenvalue weighted by Gasteiger charge is 2.09. The smallest absolute Gasteiger partial charge is 0.137 e. The monoisotopic (exact) mass is 222 g/mol. The number of nitrogens with zero attached hydrogens (tertiary/aromatic N) is 2. The number of benzene rings is 1. The molecule has 0 aliphatic carbocycles. The van der Waals surface area contributed by atoms with Gasteiger partial charge in [0.1, 0.15) is 11.6 Å². The van der Waals surface area contributed by atoms with E-state index in [9.17, 15) is 4.79 Å². The Morgan fingerprint density at radius 1 is 1.53 bits per heavy atom. The van der Waals surface area contributed by atoms with Crippen molar-refractivity contribution in [1.29, 1.82) is 0 Å². The van der Waals surface area contributed by atoms with Gasteiger partial charge in [0.25, 0.3) is 0 Å². The summed E-state index contributed by atoms with van der Waals surface area (Å²) in [5.74, 6) is 0.888. The van der Waals surface area contributed by atoms with Crippen LogP contribution in [0.2, 0.25) is 5.02 Å². The second-order valence-electron chi connectivity index (χ2n) is 3.60. The van der Waals surface area contributed by atoms with Gasteiger partial charge >= 0.3 is 0 Å². The molecule has 0 fully saturated rings. The average molecular weight is 223 g/mol. The fraction of sp³-hybridized carbons (Fsp3) is 0.273. The lowest BCUT2D eigenvalue weighted by molar-refractivity contribution is -0.116. The van der Waals surface area contributed by atoms with Gasteiger partial charge in [-0.05, 0) is 25.1 Å². The van der Waals surface area contributed by atoms with Crippen LogP contribution in [-0.4, -0.2) is 15.3 Å². The molecular weight excluding hydrogens is 212 g/mol. The molecule has 0 saturated heterocycles. The van der Waals surface area contributed by atoms with Crippen molar-refractivity contribution in [2.75, 3.05) is 0 Å². The van der Waals surface area contributed by atoms with Crippen LogP contribution in [-0.2, 0) is 18.3 Å². The summed E-state index contributed by atoms with van der Waals surface area (Å²) in [4.78, 5) is 15.4. The minimum absolute atomic E-state index is 0.111. The highest BCUT2D eigenvalue weighted by Crippen LogP contribution is 2.19. The second kappa shape index (κ2) is 3.66. The number of Topliss-reactive ketones (excluding diaryl/α,β-unsaturated/α-hetero) is 1. The summed E-state index contributed by atoms with van der Waals surface area (Å²) >= 11 is 5.87. The maximum Gasteiger partial charge on any atom is 0.137 e. The number of hydrogen-bond acceptors (Lipinski definition) is 2. The molecular formula is C11H11ClN2O. The van der Waals surface area contributed by atoms with Gasteiger partial charge in [-0.3, -0.25) is 4.79 Å². The fourth-order valence-corrected chi connectivity index (χ4v) is 1.77. The third kappa shape index (κ3) is 1.88. The van der Waals surface area contributed by atoms with Crippen molar-refractivity contribution in [3.05, 3.63) is 29.0 Å². The number of halogens is 1. The SMILES string of the molecule is CC(=O)Cc1nc2cc(Cl)ccc2n1C. The minimum Gasteiger partial charge on any atom is -0.331 e. The summed E-state index contributed by atoms with van der Waals surface area (Å²) in [7, 11) is 1.90. The Labute approximate surface area is 92.7 Å². The van der Waals surface area contributed by atoms with E-state index in [1.807, 2.05) is 23.7 Å². The first-order valence-electron chi connectivity index (χ1n) is 4.68. The molecule has 0 N–H and O–H groups in total. The van der Waals surface area contributed by atoms with Crippen molar-refractivity contribution in [1.82, 2.24) is 9.55 Å². The van der Waals surface area contributed by atoms with Crippen LogP contribution >= 0.6 is 11.6 Å². The zero-order chi connectivity index (χ0) is 11.0. The molecule has 0 aliphatic heterocycles. The van der Waals surface area contributed by atoms with E-state index in [0.717, 1.165) is 16.9 Å². The Balaban J connectivity index is 2.58. The maximum absolute atomic E-state index is 11.0. The lowest BCUT2D eigenvalue weighted by Gasteiger charge is -1.98. The van der Waals surface area contributed by atoms with E-state index in [1.165, 1.54) is 0 Å². The second-order valence-corrected chi connectivity index (χ2v) is 4.04. The molecule has 0 bridgehead atoms. The molecule has 4 heteroatoms. The number of aryl methyl sites for hydroxylation is 1. The van der Waals surface area contributed by atoms with Crippen molar-refractivity contribution >= 4 is 28.4 Å². The fourth-order valence-electron chi connectivity index (χ4n) is 1.60. The van der Waals surface area contributed by atoms with Gasteiger partial charge in [0.05, 0.1) is 17.5 Å². The molecule has 0 saturated carbocycles. The Hall–Kier alpha value is -1.35. The zero-order valence-corrected chi connectivity index (χ0v) is 9.38. The summed E-state index contributed by atoms with van der Waals surface area (Å²) in [6, 6.07) is 5.54. The van der Waals surface area contributed by atoms with Crippen molar-refractivity contribution < 1.29 is 4.79 Å². The number of carbonyl (C=O) groups is 1. The molecule has 0 radical (unpaired) electrons. The molecule has 1 aromatic heterocycles. The Morgan fingerprint density at radius 3 is 2.93 bits per heavy atom. The molecule has 78 valence electrons. The van der Waals surface area contributed by atoms with E-state index in [2.05, 4.69) is 4.98 Å². The predicted molar refractivity (Wildman–Crippen MR) is 60.1 cm³/mol. The van der Waals surface area contributed by atoms with E-state index in [0.29, 0.717) is 11.4 Å². The highest BCUT2D eigenvalue weighted by molar-refractivity contribution is 6.31. The van der Waals surface area contributed by atoms with Crippen molar-refractivity contribution in [2.45, 2.75) is 13.3 Å². The molecule has 3 nitrogen and oxygen atoms in total. The van der Waals surface area contributed by atoms with Crippen LogP contribution in [0.5, 0.6) is 0 Å². The number of rotatable bonds is 2. The minimum atomic E-state index is 0.111. The molecule has 1 aromatic carbocycles. The number of imidazole rings is 1. The molecule has 0 spiro atoms. The number of fused-ring (bicyclic) bond motifs is 1. The van der Waals surface area contributed by atoms with Gasteiger partial charge in [-0.2, -0.15) is 0 Å². The lowest BCUT2D eigenvalue weighted by Crippen LogP contribution is -2.03. The summed E-state index contributed by atoms with van der Waals surface area (Å²) in [6.45, 7) is 1.56. The molecule has 2 rings (SSSR count). The quantitative estimate of drug-likeness (QED) is 0.782. The van der Waals surface area contributed by atoms with Gasteiger partial charge in [0.15, 0.2) is 0 Å². The molecule has 15 heavy (non-hydrogen) atoms. The van der Waals surface area contributed by atoms with E-state index in [-0.39, 0.29) is 5.78 Å². The molecule has 0 amide bonds. The molecule has 0 atom stereocenters. The van der Waals surface area contributed by atoms with Crippen molar-refractivity contribution in [3.8, 4) is 0 Å². The van der Waals surface area contributed by atoms with Crippen LogP contribution in [0.3, 0.4) is 0 Å². The van der Waals surface area contributed by atoms with Crippen LogP contribution < -0.4 is 0 Å². The summed E-state index contributed by atoms with van der Waals surface area (Å²) in [5.41, 5.74) is 1.83. The van der Waals surface area contributed by atoms with Gasteiger partial charge in [-0.15, -0.1) is 0 Å². The maximum atomic E-state index is 11.0. The van der Waals surface area contributed by atoms with Gasteiger partial charge in [-0.25, -0.2) is 4.98 Å². The Bertz CT molecular complexity index is 531. The summed E-state index contributed by atoms with van der Waals surface area (Å²) in [5, 5.41) is 0.662. The summed E-state index contributed by atoms with van der Waals surface area (Å²) in [6.07, 6.45) is 0.364. The lowest BCUT2D eigenvalue weighted by atomic mass is 10.3. The van der Waals surface area contributed by atoms with Gasteiger partial charge in [0, 0.05) is 12.1 Å². The third-order valence-corrected chi connectivity index (χ3v) is 2.58. The van der Waals surface area contributed by atoms with E-state index < -0.39 is 0 Å². The number of aromatic nitrogens is 2. The zero-order valence-electron chi connectivity index (χ0n) is 8.62. The first-order valence-corrected chi connectivity index (χ1v) is 5.06. The molecule has 1 heterocycles. The van der Waals surface area contributed by atoms with Crippen molar-refractivity contribution in [2.24, 2.45) is 7.05 Å². The van der Waals surface area contributed by atoms with Crippen LogP contribution in [0, 0.1) is 0 Å². The van der Waals surface area contributed by atoms with Crippen LogP contribution in [0.15, 0.2) is 18.2 Å². The van der Waals surface area contributed by atoms with Gasteiger partial charge in [-0.1, -0.05) is 11.6 Å². The molecule has 2 aromatic rings. The highest BCUT2D eigenvalue weighted by atomic mass is 35.5. The Morgan fingerprint density at radius 2 is 2.27 bits per heavy atom.